The summed E-state index contributed by atoms with van der Waals surface area (Å²) in [6.07, 6.45) is 0.378. The molecule has 21 heavy (non-hydrogen) atoms. The van der Waals surface area contributed by atoms with E-state index in [2.05, 4.69) is 0 Å². The van der Waals surface area contributed by atoms with Crippen LogP contribution < -0.4 is 10.6 Å². The van der Waals surface area contributed by atoms with Gasteiger partial charge in [-0.05, 0) is 30.7 Å². The van der Waals surface area contributed by atoms with E-state index in [1.165, 1.54) is 17.0 Å². The highest BCUT2D eigenvalue weighted by atomic mass is 35.5. The van der Waals surface area contributed by atoms with E-state index in [4.69, 9.17) is 17.3 Å². The van der Waals surface area contributed by atoms with Crippen LogP contribution in [0.5, 0.6) is 0 Å². The minimum atomic E-state index is -3.12. The van der Waals surface area contributed by atoms with Gasteiger partial charge in [-0.2, -0.15) is 0 Å². The summed E-state index contributed by atoms with van der Waals surface area (Å²) in [6, 6.07) is 5.69. The number of carbonyl (C=O) groups excluding carboxylic acids is 2. The second-order valence-corrected chi connectivity index (χ2v) is 7.36. The first-order valence-electron chi connectivity index (χ1n) is 6.32. The average molecular weight is 331 g/mol. The first-order valence-corrected chi connectivity index (χ1v) is 8.68. The van der Waals surface area contributed by atoms with Crippen LogP contribution in [0.3, 0.4) is 0 Å². The second kappa shape index (κ2) is 6.03. The van der Waals surface area contributed by atoms with Crippen molar-refractivity contribution in [2.24, 2.45) is 5.73 Å². The molecule has 0 radical (unpaired) electrons. The number of hydrogen-bond acceptors (Lipinski definition) is 4. The summed E-state index contributed by atoms with van der Waals surface area (Å²) in [5.41, 5.74) is 5.99. The molecule has 2 rings (SSSR count). The zero-order valence-corrected chi connectivity index (χ0v) is 12.7. The summed E-state index contributed by atoms with van der Waals surface area (Å²) in [5, 5.41) is 0. The lowest BCUT2D eigenvalue weighted by Gasteiger charge is -2.27. The van der Waals surface area contributed by atoms with Crippen LogP contribution in [0.15, 0.2) is 24.3 Å². The average Bonchev–Trinajstić information content (AvgIpc) is 2.79. The lowest BCUT2D eigenvalue weighted by Crippen LogP contribution is -2.42. The molecule has 2 N–H and O–H groups in total. The number of amides is 2. The number of anilines is 1. The Balaban J connectivity index is 2.32. The van der Waals surface area contributed by atoms with Gasteiger partial charge in [0.1, 0.15) is 5.88 Å². The maximum absolute atomic E-state index is 12.0. The molecule has 0 spiro atoms. The third kappa shape index (κ3) is 3.54. The van der Waals surface area contributed by atoms with E-state index in [-0.39, 0.29) is 23.3 Å². The third-order valence-corrected chi connectivity index (χ3v) is 5.37. The lowest BCUT2D eigenvalue weighted by molar-refractivity contribution is -0.116. The van der Waals surface area contributed by atoms with Crippen molar-refractivity contribution in [2.45, 2.75) is 12.5 Å². The van der Waals surface area contributed by atoms with Crippen LogP contribution in [0.1, 0.15) is 16.8 Å². The van der Waals surface area contributed by atoms with Crippen molar-refractivity contribution in [1.29, 1.82) is 0 Å². The number of halogens is 1. The van der Waals surface area contributed by atoms with Gasteiger partial charge in [-0.1, -0.05) is 0 Å². The number of primary amides is 1. The Kier molecular flexibility index (Phi) is 4.53. The van der Waals surface area contributed by atoms with E-state index in [1.807, 2.05) is 0 Å². The Morgan fingerprint density at radius 2 is 1.90 bits per heavy atom. The molecular formula is C13H15ClN2O4S. The van der Waals surface area contributed by atoms with Crippen LogP contribution >= 0.6 is 11.6 Å². The van der Waals surface area contributed by atoms with E-state index in [0.717, 1.165) is 0 Å². The van der Waals surface area contributed by atoms with Gasteiger partial charge >= 0.3 is 0 Å². The van der Waals surface area contributed by atoms with Gasteiger partial charge in [0, 0.05) is 11.3 Å². The molecule has 1 atom stereocenters. The van der Waals surface area contributed by atoms with Gasteiger partial charge in [0.15, 0.2) is 9.84 Å². The van der Waals surface area contributed by atoms with E-state index < -0.39 is 21.8 Å². The summed E-state index contributed by atoms with van der Waals surface area (Å²) in [6.45, 7) is 0. The molecular weight excluding hydrogens is 316 g/mol. The molecule has 1 aliphatic rings. The molecule has 0 unspecified atom stereocenters. The molecule has 0 aliphatic carbocycles. The Hall–Kier alpha value is -1.60. The molecule has 0 bridgehead atoms. The first-order chi connectivity index (χ1) is 9.84. The molecule has 1 aliphatic heterocycles. The molecule has 2 amide bonds. The predicted molar refractivity (Wildman–Crippen MR) is 80.2 cm³/mol. The highest BCUT2D eigenvalue weighted by Gasteiger charge is 2.35. The van der Waals surface area contributed by atoms with Crippen molar-refractivity contribution < 1.29 is 18.0 Å². The summed E-state index contributed by atoms with van der Waals surface area (Å²) in [5.74, 6) is -1.20. The van der Waals surface area contributed by atoms with Crippen molar-refractivity contribution in [1.82, 2.24) is 0 Å². The lowest BCUT2D eigenvalue weighted by atomic mass is 10.1. The van der Waals surface area contributed by atoms with Crippen LogP contribution in [0.25, 0.3) is 0 Å². The number of hydrogen-bond donors (Lipinski definition) is 1. The largest absolute Gasteiger partial charge is 0.366 e. The molecule has 1 fully saturated rings. The van der Waals surface area contributed by atoms with Crippen LogP contribution in [-0.4, -0.2) is 43.7 Å². The fraction of sp³-hybridized carbons (Fsp3) is 0.385. The molecule has 1 saturated heterocycles. The van der Waals surface area contributed by atoms with E-state index in [1.54, 1.807) is 12.1 Å². The molecule has 6 nitrogen and oxygen atoms in total. The van der Waals surface area contributed by atoms with Gasteiger partial charge in [0.05, 0.1) is 17.5 Å². The van der Waals surface area contributed by atoms with E-state index in [9.17, 15) is 18.0 Å². The molecule has 1 aromatic rings. The molecule has 1 aromatic carbocycles. The van der Waals surface area contributed by atoms with Crippen molar-refractivity contribution in [3.63, 3.8) is 0 Å². The van der Waals surface area contributed by atoms with Gasteiger partial charge in [-0.25, -0.2) is 8.42 Å². The monoisotopic (exact) mass is 330 g/mol. The fourth-order valence-electron chi connectivity index (χ4n) is 2.39. The van der Waals surface area contributed by atoms with Gasteiger partial charge in [-0.15, -0.1) is 11.6 Å². The topological polar surface area (TPSA) is 97.5 Å². The molecule has 0 saturated carbocycles. The summed E-state index contributed by atoms with van der Waals surface area (Å²) < 4.78 is 23.2. The van der Waals surface area contributed by atoms with Gasteiger partial charge in [0.25, 0.3) is 0 Å². The number of nitrogens with zero attached hydrogens (tertiary/aromatic N) is 1. The van der Waals surface area contributed by atoms with Crippen LogP contribution in [-0.2, 0) is 14.6 Å². The van der Waals surface area contributed by atoms with Crippen molar-refractivity contribution in [3.8, 4) is 0 Å². The fourth-order valence-corrected chi connectivity index (χ4v) is 4.22. The molecule has 8 heteroatoms. The molecule has 114 valence electrons. The van der Waals surface area contributed by atoms with E-state index in [0.29, 0.717) is 17.7 Å². The zero-order valence-electron chi connectivity index (χ0n) is 11.2. The number of sulfone groups is 1. The number of benzene rings is 1. The highest BCUT2D eigenvalue weighted by molar-refractivity contribution is 7.91. The number of rotatable bonds is 4. The number of nitrogens with two attached hydrogens (primary N) is 1. The maximum Gasteiger partial charge on any atom is 0.248 e. The number of alkyl halides is 1. The first kappa shape index (κ1) is 15.8. The Labute approximate surface area is 127 Å². The Morgan fingerprint density at radius 1 is 1.29 bits per heavy atom. The highest BCUT2D eigenvalue weighted by Crippen LogP contribution is 2.25. The Bertz CT molecular complexity index is 657. The minimum Gasteiger partial charge on any atom is -0.366 e. The summed E-state index contributed by atoms with van der Waals surface area (Å²) >= 11 is 5.61. The van der Waals surface area contributed by atoms with Crippen LogP contribution in [0.4, 0.5) is 5.69 Å². The second-order valence-electron chi connectivity index (χ2n) is 4.87. The van der Waals surface area contributed by atoms with Crippen molar-refractivity contribution in [2.75, 3.05) is 22.3 Å². The SMILES string of the molecule is NC(=O)c1ccc(N(C(=O)CCl)[C@H]2CCS(=O)(=O)C2)cc1. The minimum absolute atomic E-state index is 0.0586. The number of carbonyl (C=O) groups is 2. The smallest absolute Gasteiger partial charge is 0.248 e. The Morgan fingerprint density at radius 3 is 2.33 bits per heavy atom. The van der Waals surface area contributed by atoms with Crippen molar-refractivity contribution >= 4 is 38.9 Å². The quantitative estimate of drug-likeness (QED) is 0.815. The third-order valence-electron chi connectivity index (χ3n) is 3.39. The standard InChI is InChI=1S/C13H15ClN2O4S/c14-7-12(17)16(11-5-6-21(19,20)8-11)10-3-1-9(2-4-10)13(15)18/h1-4,11H,5-8H2,(H2,15,18)/t11-/m0/s1. The molecule has 1 heterocycles. The summed E-state index contributed by atoms with van der Waals surface area (Å²) in [7, 11) is -3.12. The predicted octanol–water partition coefficient (Wildman–Crippen LogP) is 0.544. The normalized spacial score (nSPS) is 20.1. The molecule has 0 aromatic heterocycles. The van der Waals surface area contributed by atoms with Crippen LogP contribution in [0, 0.1) is 0 Å². The maximum atomic E-state index is 12.0. The van der Waals surface area contributed by atoms with Crippen LogP contribution in [0.2, 0.25) is 0 Å². The van der Waals surface area contributed by atoms with Gasteiger partial charge in [-0.3, -0.25) is 9.59 Å². The van der Waals surface area contributed by atoms with Gasteiger partial charge < -0.3 is 10.6 Å². The summed E-state index contributed by atoms with van der Waals surface area (Å²) in [4.78, 5) is 24.5. The zero-order chi connectivity index (χ0) is 15.6. The van der Waals surface area contributed by atoms with Crippen molar-refractivity contribution in [3.05, 3.63) is 29.8 Å². The van der Waals surface area contributed by atoms with E-state index >= 15 is 0 Å². The van der Waals surface area contributed by atoms with Gasteiger partial charge in [0.2, 0.25) is 11.8 Å².